The van der Waals surface area contributed by atoms with Gasteiger partial charge in [0.15, 0.2) is 14.1 Å². The molecule has 152 valence electrons. The Hall–Kier alpha value is -0.763. The van der Waals surface area contributed by atoms with Gasteiger partial charge in [0.25, 0.3) is 0 Å². The van der Waals surface area contributed by atoms with Crippen molar-refractivity contribution in [3.63, 3.8) is 0 Å². The highest BCUT2D eigenvalue weighted by Gasteiger charge is 2.56. The quantitative estimate of drug-likeness (QED) is 0.766. The van der Waals surface area contributed by atoms with E-state index in [4.69, 9.17) is 13.9 Å². The molecule has 0 radical (unpaired) electrons. The minimum atomic E-state index is -2.04. The van der Waals surface area contributed by atoms with Gasteiger partial charge in [-0.25, -0.2) is 0 Å². The van der Waals surface area contributed by atoms with Gasteiger partial charge in [0.2, 0.25) is 0 Å². The molecule has 0 aliphatic carbocycles. The molecule has 0 amide bonds. The Morgan fingerprint density at radius 3 is 2.26 bits per heavy atom. The van der Waals surface area contributed by atoms with Crippen molar-refractivity contribution in [3.05, 3.63) is 35.9 Å². The molecule has 0 bridgehead atoms. The van der Waals surface area contributed by atoms with Crippen LogP contribution in [-0.2, 0) is 13.9 Å². The van der Waals surface area contributed by atoms with Crippen molar-refractivity contribution in [2.24, 2.45) is 0 Å². The molecule has 0 aromatic heterocycles. The van der Waals surface area contributed by atoms with Gasteiger partial charge in [0.05, 0.1) is 24.8 Å². The number of nitrogens with one attached hydrogen (secondary N) is 1. The van der Waals surface area contributed by atoms with Crippen molar-refractivity contribution in [1.82, 2.24) is 5.32 Å². The molecule has 0 spiro atoms. The van der Waals surface area contributed by atoms with Gasteiger partial charge in [-0.05, 0) is 37.5 Å². The molecule has 2 N–H and O–H groups in total. The summed E-state index contributed by atoms with van der Waals surface area (Å²) in [4.78, 5) is 0. The second-order valence-electron chi connectivity index (χ2n) is 9.75. The minimum absolute atomic E-state index is 0.00433. The highest BCUT2D eigenvalue weighted by Crippen LogP contribution is 2.44. The number of benzene rings is 1. The first-order chi connectivity index (χ1) is 12.5. The van der Waals surface area contributed by atoms with Crippen molar-refractivity contribution in [1.29, 1.82) is 0 Å². The summed E-state index contributed by atoms with van der Waals surface area (Å²) < 4.78 is 19.4. The smallest absolute Gasteiger partial charge is 0.192 e. The monoisotopic (exact) mass is 393 g/mol. The lowest BCUT2D eigenvalue weighted by molar-refractivity contribution is -0.153. The first kappa shape index (κ1) is 21.0. The van der Waals surface area contributed by atoms with Crippen LogP contribution in [-0.4, -0.2) is 50.2 Å². The fourth-order valence-electron chi connectivity index (χ4n) is 3.75. The summed E-state index contributed by atoms with van der Waals surface area (Å²) >= 11 is 0. The molecule has 1 aromatic carbocycles. The van der Waals surface area contributed by atoms with Gasteiger partial charge in [-0.1, -0.05) is 51.1 Å². The van der Waals surface area contributed by atoms with Crippen LogP contribution in [0.1, 0.15) is 46.2 Å². The summed E-state index contributed by atoms with van der Waals surface area (Å²) in [5, 5.41) is 13.8. The van der Waals surface area contributed by atoms with Crippen LogP contribution in [0, 0.1) is 0 Å². The van der Waals surface area contributed by atoms with Crippen molar-refractivity contribution >= 4 is 8.32 Å². The SMILES string of the molecule is CC1(C)O[C@H]2[C@H](O[Si](C)(C)C(C)(C)C)[C@@H](CO)N[C@@H](c3ccccc3)[C@H]2O1. The van der Waals surface area contributed by atoms with Crippen molar-refractivity contribution in [2.75, 3.05) is 6.61 Å². The third-order valence-corrected chi connectivity index (χ3v) is 10.7. The van der Waals surface area contributed by atoms with Gasteiger partial charge in [-0.2, -0.15) is 0 Å². The number of rotatable bonds is 4. The van der Waals surface area contributed by atoms with Crippen LogP contribution < -0.4 is 5.32 Å². The summed E-state index contributed by atoms with van der Waals surface area (Å²) in [5.74, 6) is -0.677. The van der Waals surface area contributed by atoms with E-state index in [0.717, 1.165) is 5.56 Å². The van der Waals surface area contributed by atoms with Crippen molar-refractivity contribution in [3.8, 4) is 0 Å². The summed E-state index contributed by atoms with van der Waals surface area (Å²) in [6.45, 7) is 15.0. The number of ether oxygens (including phenoxy) is 2. The molecule has 6 heteroatoms. The Labute approximate surface area is 164 Å². The fourth-order valence-corrected chi connectivity index (χ4v) is 5.08. The van der Waals surface area contributed by atoms with E-state index in [1.165, 1.54) is 0 Å². The molecule has 5 atom stereocenters. The molecule has 2 heterocycles. The van der Waals surface area contributed by atoms with Gasteiger partial charge in [0.1, 0.15) is 12.2 Å². The molecule has 2 aliphatic rings. The molecule has 27 heavy (non-hydrogen) atoms. The largest absolute Gasteiger partial charge is 0.409 e. The van der Waals surface area contributed by atoms with Crippen LogP contribution in [0.5, 0.6) is 0 Å². The Kier molecular flexibility index (Phi) is 5.62. The lowest BCUT2D eigenvalue weighted by Gasteiger charge is -2.48. The first-order valence-electron chi connectivity index (χ1n) is 9.90. The molecule has 3 rings (SSSR count). The molecule has 0 saturated carbocycles. The zero-order valence-electron chi connectivity index (χ0n) is 17.7. The molecular formula is C21H35NO4Si. The third-order valence-electron chi connectivity index (χ3n) is 6.20. The van der Waals surface area contributed by atoms with Gasteiger partial charge in [-0.3, -0.25) is 0 Å². The Balaban J connectivity index is 1.94. The van der Waals surface area contributed by atoms with Gasteiger partial charge < -0.3 is 24.3 Å². The predicted molar refractivity (Wildman–Crippen MR) is 109 cm³/mol. The van der Waals surface area contributed by atoms with Gasteiger partial charge >= 0.3 is 0 Å². The van der Waals surface area contributed by atoms with Crippen LogP contribution in [0.4, 0.5) is 0 Å². The zero-order valence-corrected chi connectivity index (χ0v) is 18.7. The van der Waals surface area contributed by atoms with Crippen LogP contribution in [0.3, 0.4) is 0 Å². The Morgan fingerprint density at radius 2 is 1.70 bits per heavy atom. The van der Waals surface area contributed by atoms with Crippen LogP contribution in [0.25, 0.3) is 0 Å². The molecule has 5 nitrogen and oxygen atoms in total. The maximum atomic E-state index is 10.2. The first-order valence-corrected chi connectivity index (χ1v) is 12.8. The molecule has 0 unspecified atom stereocenters. The van der Waals surface area contributed by atoms with Crippen LogP contribution in [0.2, 0.25) is 18.1 Å². The van der Waals surface area contributed by atoms with E-state index in [1.807, 2.05) is 32.0 Å². The average molecular weight is 394 g/mol. The van der Waals surface area contributed by atoms with Crippen LogP contribution in [0.15, 0.2) is 30.3 Å². The number of hydrogen-bond acceptors (Lipinski definition) is 5. The van der Waals surface area contributed by atoms with E-state index >= 15 is 0 Å². The summed E-state index contributed by atoms with van der Waals surface area (Å²) in [6, 6.07) is 9.99. The van der Waals surface area contributed by atoms with Crippen molar-refractivity contribution in [2.45, 2.75) is 88.9 Å². The van der Waals surface area contributed by atoms with E-state index in [0.29, 0.717) is 0 Å². The number of piperidine rings is 1. The highest BCUT2D eigenvalue weighted by atomic mass is 28.4. The number of fused-ring (bicyclic) bond motifs is 1. The number of aliphatic hydroxyl groups excluding tert-OH is 1. The standard InChI is InChI=1S/C21H35NO4Si/c1-20(2,3)27(6,7)26-17-15(13-23)22-16(14-11-9-8-10-12-14)18-19(17)25-21(4,5)24-18/h8-12,15-19,22-23H,13H2,1-7H3/t15-,16+,17-,18-,19+/m1/s1. The van der Waals surface area contributed by atoms with E-state index < -0.39 is 14.1 Å². The highest BCUT2D eigenvalue weighted by molar-refractivity contribution is 6.74. The third kappa shape index (κ3) is 4.16. The maximum Gasteiger partial charge on any atom is 0.192 e. The lowest BCUT2D eigenvalue weighted by Crippen LogP contribution is -2.64. The van der Waals surface area contributed by atoms with E-state index in [-0.39, 0.29) is 42.0 Å². The molecule has 2 fully saturated rings. The van der Waals surface area contributed by atoms with Gasteiger partial charge in [-0.15, -0.1) is 0 Å². The number of aliphatic hydroxyl groups is 1. The van der Waals surface area contributed by atoms with Gasteiger partial charge in [0, 0.05) is 0 Å². The summed E-state index contributed by atoms with van der Waals surface area (Å²) in [5.41, 5.74) is 1.14. The second kappa shape index (κ2) is 7.24. The topological polar surface area (TPSA) is 60.0 Å². The molecule has 2 aliphatic heterocycles. The van der Waals surface area contributed by atoms with Crippen LogP contribution >= 0.6 is 0 Å². The fraction of sp³-hybridized carbons (Fsp3) is 0.714. The normalized spacial score (nSPS) is 33.7. The van der Waals surface area contributed by atoms with E-state index in [9.17, 15) is 5.11 Å². The average Bonchev–Trinajstić information content (AvgIpc) is 2.90. The maximum absolute atomic E-state index is 10.2. The molecular weight excluding hydrogens is 358 g/mol. The number of hydrogen-bond donors (Lipinski definition) is 2. The van der Waals surface area contributed by atoms with Crippen molar-refractivity contribution < 1.29 is 19.0 Å². The molecule has 1 aromatic rings. The zero-order chi connectivity index (χ0) is 20.0. The summed E-state index contributed by atoms with van der Waals surface area (Å²) in [6.07, 6.45) is -0.639. The Bertz CT molecular complexity index is 643. The van der Waals surface area contributed by atoms with E-state index in [2.05, 4.69) is 51.3 Å². The van der Waals surface area contributed by atoms with E-state index in [1.54, 1.807) is 0 Å². The second-order valence-corrected chi connectivity index (χ2v) is 14.5. The minimum Gasteiger partial charge on any atom is -0.409 e. The molecule has 2 saturated heterocycles. The predicted octanol–water partition coefficient (Wildman–Crippen LogP) is 3.60. The Morgan fingerprint density at radius 1 is 1.11 bits per heavy atom. The summed E-state index contributed by atoms with van der Waals surface area (Å²) in [7, 11) is -2.04. The lowest BCUT2D eigenvalue weighted by atomic mass is 9.87.